The van der Waals surface area contributed by atoms with Crippen LogP contribution in [0.2, 0.25) is 4.34 Å². The SMILES string of the molecule is COc1cccc(CC2=NO[C@@H](C(=O)NCc3ccc(Cl)s3)C2)c1. The lowest BCUT2D eigenvalue weighted by atomic mass is 10.0. The predicted octanol–water partition coefficient (Wildman–Crippen LogP) is 3.41. The summed E-state index contributed by atoms with van der Waals surface area (Å²) in [7, 11) is 1.64. The molecule has 1 N–H and O–H groups in total. The Morgan fingerprint density at radius 3 is 3.08 bits per heavy atom. The van der Waals surface area contributed by atoms with Crippen molar-refractivity contribution in [2.45, 2.75) is 25.5 Å². The molecule has 1 aromatic heterocycles. The van der Waals surface area contributed by atoms with Crippen molar-refractivity contribution >= 4 is 34.6 Å². The Balaban J connectivity index is 1.49. The molecule has 0 spiro atoms. The van der Waals surface area contributed by atoms with E-state index >= 15 is 0 Å². The van der Waals surface area contributed by atoms with Gasteiger partial charge >= 0.3 is 0 Å². The van der Waals surface area contributed by atoms with Crippen LogP contribution < -0.4 is 10.1 Å². The molecule has 0 aliphatic carbocycles. The van der Waals surface area contributed by atoms with Gasteiger partial charge in [0.25, 0.3) is 5.91 Å². The fourth-order valence-electron chi connectivity index (χ4n) is 2.42. The van der Waals surface area contributed by atoms with Crippen LogP contribution in [0.4, 0.5) is 0 Å². The van der Waals surface area contributed by atoms with Crippen LogP contribution in [0.15, 0.2) is 41.6 Å². The first-order valence-electron chi connectivity index (χ1n) is 7.50. The molecular formula is C17H17ClN2O3S. The summed E-state index contributed by atoms with van der Waals surface area (Å²) in [5.74, 6) is 0.639. The number of thiophene rings is 1. The second kappa shape index (κ2) is 7.68. The van der Waals surface area contributed by atoms with Gasteiger partial charge in [-0.25, -0.2) is 0 Å². The lowest BCUT2D eigenvalue weighted by molar-refractivity contribution is -0.131. The Hall–Kier alpha value is -2.05. The van der Waals surface area contributed by atoms with Gasteiger partial charge < -0.3 is 14.9 Å². The lowest BCUT2D eigenvalue weighted by Gasteiger charge is -2.08. The van der Waals surface area contributed by atoms with Gasteiger partial charge in [-0.1, -0.05) is 28.9 Å². The molecule has 0 saturated carbocycles. The van der Waals surface area contributed by atoms with Crippen LogP contribution >= 0.6 is 22.9 Å². The number of nitrogens with zero attached hydrogens (tertiary/aromatic N) is 1. The summed E-state index contributed by atoms with van der Waals surface area (Å²) in [5.41, 5.74) is 1.92. The summed E-state index contributed by atoms with van der Waals surface area (Å²) in [6.45, 7) is 0.446. The Kier molecular flexibility index (Phi) is 5.37. The summed E-state index contributed by atoms with van der Waals surface area (Å²) < 4.78 is 5.92. The third kappa shape index (κ3) is 4.27. The zero-order chi connectivity index (χ0) is 16.9. The van der Waals surface area contributed by atoms with Crippen molar-refractivity contribution in [3.05, 3.63) is 51.2 Å². The first-order valence-corrected chi connectivity index (χ1v) is 8.70. The van der Waals surface area contributed by atoms with Gasteiger partial charge in [-0.15, -0.1) is 11.3 Å². The number of oxime groups is 1. The molecule has 1 amide bonds. The van der Waals surface area contributed by atoms with E-state index in [0.717, 1.165) is 21.9 Å². The van der Waals surface area contributed by atoms with E-state index in [-0.39, 0.29) is 5.91 Å². The fourth-order valence-corrected chi connectivity index (χ4v) is 3.45. The van der Waals surface area contributed by atoms with Gasteiger partial charge in [0, 0.05) is 17.7 Å². The number of hydrogen-bond donors (Lipinski definition) is 1. The highest BCUT2D eigenvalue weighted by molar-refractivity contribution is 7.16. The van der Waals surface area contributed by atoms with Gasteiger partial charge in [-0.3, -0.25) is 4.79 Å². The highest BCUT2D eigenvalue weighted by atomic mass is 35.5. The van der Waals surface area contributed by atoms with Crippen molar-refractivity contribution in [1.82, 2.24) is 5.32 Å². The number of amides is 1. The smallest absolute Gasteiger partial charge is 0.264 e. The number of nitrogens with one attached hydrogen (secondary N) is 1. The van der Waals surface area contributed by atoms with Crippen molar-refractivity contribution in [3.63, 3.8) is 0 Å². The normalized spacial score (nSPS) is 16.4. The Labute approximate surface area is 149 Å². The number of methoxy groups -OCH3 is 1. The largest absolute Gasteiger partial charge is 0.497 e. The van der Waals surface area contributed by atoms with E-state index in [4.69, 9.17) is 21.2 Å². The Morgan fingerprint density at radius 2 is 2.33 bits per heavy atom. The van der Waals surface area contributed by atoms with Gasteiger partial charge in [-0.05, 0) is 29.8 Å². The predicted molar refractivity (Wildman–Crippen MR) is 94.8 cm³/mol. The number of hydrogen-bond acceptors (Lipinski definition) is 5. The number of carbonyl (C=O) groups excluding carboxylic acids is 1. The van der Waals surface area contributed by atoms with E-state index in [1.807, 2.05) is 36.4 Å². The van der Waals surface area contributed by atoms with Crippen LogP contribution in [0.1, 0.15) is 16.9 Å². The molecule has 126 valence electrons. The fraction of sp³-hybridized carbons (Fsp3) is 0.294. The second-order valence-electron chi connectivity index (χ2n) is 5.41. The van der Waals surface area contributed by atoms with Crippen molar-refractivity contribution in [2.75, 3.05) is 7.11 Å². The van der Waals surface area contributed by atoms with Gasteiger partial charge in [-0.2, -0.15) is 0 Å². The number of halogens is 1. The summed E-state index contributed by atoms with van der Waals surface area (Å²) >= 11 is 7.32. The molecule has 7 heteroatoms. The van der Waals surface area contributed by atoms with Gasteiger partial charge in [0.15, 0.2) is 0 Å². The number of benzene rings is 1. The van der Waals surface area contributed by atoms with Crippen molar-refractivity contribution in [1.29, 1.82) is 0 Å². The first kappa shape index (κ1) is 16.8. The minimum absolute atomic E-state index is 0.163. The molecule has 5 nitrogen and oxygen atoms in total. The molecule has 0 fully saturated rings. The number of ether oxygens (including phenoxy) is 1. The maximum absolute atomic E-state index is 12.2. The highest BCUT2D eigenvalue weighted by Crippen LogP contribution is 2.22. The topological polar surface area (TPSA) is 59.9 Å². The summed E-state index contributed by atoms with van der Waals surface area (Å²) in [6, 6.07) is 11.5. The van der Waals surface area contributed by atoms with Gasteiger partial charge in [0.2, 0.25) is 6.10 Å². The highest BCUT2D eigenvalue weighted by Gasteiger charge is 2.28. The van der Waals surface area contributed by atoms with Crippen molar-refractivity contribution in [3.8, 4) is 5.75 Å². The van der Waals surface area contributed by atoms with Crippen LogP contribution in [-0.2, 0) is 22.6 Å². The zero-order valence-electron chi connectivity index (χ0n) is 13.1. The van der Waals surface area contributed by atoms with E-state index in [9.17, 15) is 4.79 Å². The first-order chi connectivity index (χ1) is 11.6. The molecule has 1 aliphatic rings. The van der Waals surface area contributed by atoms with Crippen LogP contribution in [0.3, 0.4) is 0 Å². The second-order valence-corrected chi connectivity index (χ2v) is 7.21. The minimum atomic E-state index is -0.568. The number of carbonyl (C=O) groups is 1. The molecule has 0 radical (unpaired) electrons. The van der Waals surface area contributed by atoms with Crippen LogP contribution in [-0.4, -0.2) is 24.8 Å². The standard InChI is InChI=1S/C17H17ClN2O3S/c1-22-13-4-2-3-11(8-13)7-12-9-15(23-20-12)17(21)19-10-14-5-6-16(18)24-14/h2-6,8,15H,7,9-10H2,1H3,(H,19,21)/t15-/m1/s1. The summed E-state index contributed by atoms with van der Waals surface area (Å²) in [5, 5.41) is 6.90. The zero-order valence-corrected chi connectivity index (χ0v) is 14.7. The molecule has 1 atom stereocenters. The molecule has 2 heterocycles. The van der Waals surface area contributed by atoms with E-state index in [1.54, 1.807) is 7.11 Å². The molecule has 0 unspecified atom stereocenters. The van der Waals surface area contributed by atoms with E-state index in [0.29, 0.717) is 23.7 Å². The van der Waals surface area contributed by atoms with Crippen LogP contribution in [0.25, 0.3) is 0 Å². The van der Waals surface area contributed by atoms with Gasteiger partial charge in [0.05, 0.1) is 23.7 Å². The summed E-state index contributed by atoms with van der Waals surface area (Å²) in [4.78, 5) is 18.4. The van der Waals surface area contributed by atoms with E-state index in [1.165, 1.54) is 11.3 Å². The molecule has 1 aliphatic heterocycles. The van der Waals surface area contributed by atoms with Crippen molar-refractivity contribution < 1.29 is 14.4 Å². The maximum atomic E-state index is 12.2. The third-order valence-electron chi connectivity index (χ3n) is 3.63. The average Bonchev–Trinajstić information content (AvgIpc) is 3.22. The molecule has 1 aromatic carbocycles. The van der Waals surface area contributed by atoms with E-state index in [2.05, 4.69) is 10.5 Å². The molecule has 3 rings (SSSR count). The van der Waals surface area contributed by atoms with Crippen LogP contribution in [0.5, 0.6) is 5.75 Å². The van der Waals surface area contributed by atoms with Crippen molar-refractivity contribution in [2.24, 2.45) is 5.16 Å². The molecular weight excluding hydrogens is 348 g/mol. The van der Waals surface area contributed by atoms with Gasteiger partial charge in [0.1, 0.15) is 5.75 Å². The maximum Gasteiger partial charge on any atom is 0.264 e. The lowest BCUT2D eigenvalue weighted by Crippen LogP contribution is -2.34. The molecule has 24 heavy (non-hydrogen) atoms. The average molecular weight is 365 g/mol. The van der Waals surface area contributed by atoms with E-state index < -0.39 is 6.10 Å². The monoisotopic (exact) mass is 364 g/mol. The Bertz CT molecular complexity index is 760. The molecule has 0 saturated heterocycles. The molecule has 2 aromatic rings. The third-order valence-corrected chi connectivity index (χ3v) is 4.86. The minimum Gasteiger partial charge on any atom is -0.497 e. The Morgan fingerprint density at radius 1 is 1.46 bits per heavy atom. The van der Waals surface area contributed by atoms with Crippen LogP contribution in [0, 0.1) is 0 Å². The quantitative estimate of drug-likeness (QED) is 0.854. The summed E-state index contributed by atoms with van der Waals surface area (Å²) in [6.07, 6.45) is 0.566. The number of rotatable bonds is 6. The molecule has 0 bridgehead atoms.